The van der Waals surface area contributed by atoms with Crippen molar-refractivity contribution in [2.24, 2.45) is 0 Å². The second-order valence-corrected chi connectivity index (χ2v) is 5.39. The molecule has 20 heavy (non-hydrogen) atoms. The van der Waals surface area contributed by atoms with E-state index in [1.165, 1.54) is 25.0 Å². The third kappa shape index (κ3) is 4.30. The van der Waals surface area contributed by atoms with Crippen molar-refractivity contribution in [1.29, 1.82) is 0 Å². The van der Waals surface area contributed by atoms with E-state index >= 15 is 0 Å². The van der Waals surface area contributed by atoms with Gasteiger partial charge in [0.25, 0.3) is 0 Å². The van der Waals surface area contributed by atoms with Crippen LogP contribution < -0.4 is 5.32 Å². The summed E-state index contributed by atoms with van der Waals surface area (Å²) in [5.74, 6) is -0.210. The molecule has 0 saturated carbocycles. The highest BCUT2D eigenvalue weighted by Crippen LogP contribution is 2.11. The fourth-order valence-electron chi connectivity index (χ4n) is 2.69. The Morgan fingerprint density at radius 1 is 1.45 bits per heavy atom. The molecule has 0 aliphatic carbocycles. The fourth-order valence-corrected chi connectivity index (χ4v) is 2.69. The number of benzene rings is 1. The molecule has 1 unspecified atom stereocenters. The maximum Gasteiger partial charge on any atom is 0.227 e. The van der Waals surface area contributed by atoms with Crippen LogP contribution in [0.1, 0.15) is 31.7 Å². The van der Waals surface area contributed by atoms with Crippen molar-refractivity contribution in [3.8, 4) is 0 Å². The first-order valence-corrected chi connectivity index (χ1v) is 7.44. The largest absolute Gasteiger partial charge is 0.341 e. The molecule has 3 nitrogen and oxygen atoms in total. The predicted molar refractivity (Wildman–Crippen MR) is 78.0 cm³/mol. The highest BCUT2D eigenvalue weighted by atomic mass is 19.1. The molecule has 0 radical (unpaired) electrons. The zero-order valence-electron chi connectivity index (χ0n) is 12.1. The third-order valence-electron chi connectivity index (χ3n) is 3.83. The van der Waals surface area contributed by atoms with Crippen LogP contribution in [0.5, 0.6) is 0 Å². The molecule has 110 valence electrons. The topological polar surface area (TPSA) is 32.3 Å². The summed E-state index contributed by atoms with van der Waals surface area (Å²) in [6.07, 6.45) is 3.86. The predicted octanol–water partition coefficient (Wildman–Crippen LogP) is 2.36. The van der Waals surface area contributed by atoms with Gasteiger partial charge in [-0.1, -0.05) is 18.6 Å². The van der Waals surface area contributed by atoms with E-state index in [-0.39, 0.29) is 18.1 Å². The van der Waals surface area contributed by atoms with Crippen molar-refractivity contribution in [3.05, 3.63) is 35.6 Å². The third-order valence-corrected chi connectivity index (χ3v) is 3.83. The molecule has 1 aromatic rings. The monoisotopic (exact) mass is 278 g/mol. The van der Waals surface area contributed by atoms with Crippen LogP contribution in [0.15, 0.2) is 24.3 Å². The lowest BCUT2D eigenvalue weighted by Crippen LogP contribution is -2.46. The minimum absolute atomic E-state index is 0.0745. The average molecular weight is 278 g/mol. The Kier molecular flexibility index (Phi) is 5.53. The van der Waals surface area contributed by atoms with Gasteiger partial charge in [-0.25, -0.2) is 4.39 Å². The molecule has 0 bridgehead atoms. The van der Waals surface area contributed by atoms with Crippen LogP contribution in [-0.4, -0.2) is 36.5 Å². The maximum absolute atomic E-state index is 13.1. The minimum atomic E-state index is -0.285. The molecule has 1 heterocycles. The van der Waals surface area contributed by atoms with E-state index in [4.69, 9.17) is 0 Å². The van der Waals surface area contributed by atoms with E-state index in [1.54, 1.807) is 12.1 Å². The molecule has 1 amide bonds. The smallest absolute Gasteiger partial charge is 0.227 e. The van der Waals surface area contributed by atoms with Crippen molar-refractivity contribution >= 4 is 5.91 Å². The van der Waals surface area contributed by atoms with Gasteiger partial charge in [0.15, 0.2) is 0 Å². The second-order valence-electron chi connectivity index (χ2n) is 5.39. The summed E-state index contributed by atoms with van der Waals surface area (Å²) in [5.41, 5.74) is 0.741. The van der Waals surface area contributed by atoms with E-state index in [1.807, 2.05) is 11.8 Å². The van der Waals surface area contributed by atoms with Gasteiger partial charge in [-0.3, -0.25) is 4.79 Å². The standard InChI is InChI=1S/C16H23FN2O/c1-2-19(12-15-8-3-4-9-18-15)16(20)11-13-6-5-7-14(17)10-13/h5-7,10,15,18H,2-4,8-9,11-12H2,1H3. The number of piperidine rings is 1. The lowest BCUT2D eigenvalue weighted by Gasteiger charge is -2.30. The molecule has 1 aliphatic heterocycles. The average Bonchev–Trinajstić information content (AvgIpc) is 2.45. The summed E-state index contributed by atoms with van der Waals surface area (Å²) in [4.78, 5) is 14.2. The van der Waals surface area contributed by atoms with E-state index in [2.05, 4.69) is 5.32 Å². The van der Waals surface area contributed by atoms with Gasteiger partial charge in [0.1, 0.15) is 5.82 Å². The number of hydrogen-bond donors (Lipinski definition) is 1. The molecule has 1 saturated heterocycles. The lowest BCUT2D eigenvalue weighted by atomic mass is 10.0. The molecular weight excluding hydrogens is 255 g/mol. The number of likely N-dealkylation sites (N-methyl/N-ethyl adjacent to an activating group) is 1. The van der Waals surface area contributed by atoms with Crippen LogP contribution >= 0.6 is 0 Å². The van der Waals surface area contributed by atoms with Gasteiger partial charge in [-0.2, -0.15) is 0 Å². The zero-order chi connectivity index (χ0) is 14.4. The van der Waals surface area contributed by atoms with Crippen molar-refractivity contribution in [3.63, 3.8) is 0 Å². The summed E-state index contributed by atoms with van der Waals surface area (Å²) in [5, 5.41) is 3.46. The van der Waals surface area contributed by atoms with E-state index in [9.17, 15) is 9.18 Å². The second kappa shape index (κ2) is 7.39. The molecule has 2 rings (SSSR count). The lowest BCUT2D eigenvalue weighted by molar-refractivity contribution is -0.130. The summed E-state index contributed by atoms with van der Waals surface area (Å²) in [7, 11) is 0. The Hall–Kier alpha value is -1.42. The number of carbonyl (C=O) groups excluding carboxylic acids is 1. The van der Waals surface area contributed by atoms with Crippen LogP contribution in [0.25, 0.3) is 0 Å². The molecule has 4 heteroatoms. The number of rotatable bonds is 5. The number of nitrogens with zero attached hydrogens (tertiary/aromatic N) is 1. The van der Waals surface area contributed by atoms with E-state index < -0.39 is 0 Å². The molecule has 0 spiro atoms. The number of carbonyl (C=O) groups is 1. The maximum atomic E-state index is 13.1. The van der Waals surface area contributed by atoms with E-state index in [0.29, 0.717) is 12.6 Å². The number of halogens is 1. The van der Waals surface area contributed by atoms with Gasteiger partial charge in [0, 0.05) is 19.1 Å². The first-order chi connectivity index (χ1) is 9.69. The summed E-state index contributed by atoms with van der Waals surface area (Å²) in [6, 6.07) is 6.69. The molecular formula is C16H23FN2O. The fraction of sp³-hybridized carbons (Fsp3) is 0.562. The highest BCUT2D eigenvalue weighted by Gasteiger charge is 2.19. The van der Waals surface area contributed by atoms with Gasteiger partial charge in [0.2, 0.25) is 5.91 Å². The summed E-state index contributed by atoms with van der Waals surface area (Å²) < 4.78 is 13.1. The SMILES string of the molecule is CCN(CC1CCCCN1)C(=O)Cc1cccc(F)c1. The first kappa shape index (κ1) is 15.0. The Bertz CT molecular complexity index is 444. The quantitative estimate of drug-likeness (QED) is 0.896. The molecule has 1 fully saturated rings. The molecule has 1 atom stereocenters. The van der Waals surface area contributed by atoms with Gasteiger partial charge < -0.3 is 10.2 Å². The van der Waals surface area contributed by atoms with Crippen LogP contribution in [0, 0.1) is 5.82 Å². The van der Waals surface area contributed by atoms with Crippen molar-refractivity contribution in [2.45, 2.75) is 38.6 Å². The first-order valence-electron chi connectivity index (χ1n) is 7.44. The van der Waals surface area contributed by atoms with Crippen LogP contribution in [0.4, 0.5) is 4.39 Å². The Morgan fingerprint density at radius 3 is 2.95 bits per heavy atom. The highest BCUT2D eigenvalue weighted by molar-refractivity contribution is 5.78. The van der Waals surface area contributed by atoms with Crippen LogP contribution in [-0.2, 0) is 11.2 Å². The molecule has 0 aromatic heterocycles. The van der Waals surface area contributed by atoms with Crippen molar-refractivity contribution < 1.29 is 9.18 Å². The van der Waals surface area contributed by atoms with Crippen molar-refractivity contribution in [1.82, 2.24) is 10.2 Å². The van der Waals surface area contributed by atoms with Gasteiger partial charge >= 0.3 is 0 Å². The zero-order valence-corrected chi connectivity index (χ0v) is 12.1. The van der Waals surface area contributed by atoms with Crippen LogP contribution in [0.2, 0.25) is 0 Å². The summed E-state index contributed by atoms with van der Waals surface area (Å²) >= 11 is 0. The van der Waals surface area contributed by atoms with Gasteiger partial charge in [-0.15, -0.1) is 0 Å². The number of amides is 1. The van der Waals surface area contributed by atoms with Gasteiger partial charge in [-0.05, 0) is 44.0 Å². The van der Waals surface area contributed by atoms with Crippen LogP contribution in [0.3, 0.4) is 0 Å². The van der Waals surface area contributed by atoms with Gasteiger partial charge in [0.05, 0.1) is 6.42 Å². The Morgan fingerprint density at radius 2 is 2.30 bits per heavy atom. The number of nitrogens with one attached hydrogen (secondary N) is 1. The summed E-state index contributed by atoms with van der Waals surface area (Å²) in [6.45, 7) is 4.49. The van der Waals surface area contributed by atoms with E-state index in [0.717, 1.165) is 25.1 Å². The minimum Gasteiger partial charge on any atom is -0.341 e. The molecule has 1 N–H and O–H groups in total. The number of hydrogen-bond acceptors (Lipinski definition) is 2. The molecule has 1 aromatic carbocycles. The normalized spacial score (nSPS) is 18.8. The Labute approximate surface area is 120 Å². The van der Waals surface area contributed by atoms with Crippen molar-refractivity contribution in [2.75, 3.05) is 19.6 Å². The molecule has 1 aliphatic rings. The Balaban J connectivity index is 1.91.